The number of carboxylic acid groups (broad SMARTS) is 1. The minimum Gasteiger partial charge on any atom is -0.478 e. The van der Waals surface area contributed by atoms with Crippen LogP contribution in [0.1, 0.15) is 21.5 Å². The van der Waals surface area contributed by atoms with Crippen molar-refractivity contribution in [3.8, 4) is 0 Å². The first-order valence-corrected chi connectivity index (χ1v) is 6.52. The van der Waals surface area contributed by atoms with Gasteiger partial charge in [-0.3, -0.25) is 4.90 Å². The molecule has 0 spiro atoms. The summed E-state index contributed by atoms with van der Waals surface area (Å²) in [6.45, 7) is 1.95. The Morgan fingerprint density at radius 2 is 1.85 bits per heavy atom. The van der Waals surface area contributed by atoms with Crippen molar-refractivity contribution in [3.05, 3.63) is 59.2 Å². The van der Waals surface area contributed by atoms with E-state index in [4.69, 9.17) is 5.11 Å². The number of rotatable bonds is 3. The third kappa shape index (κ3) is 2.51. The van der Waals surface area contributed by atoms with Crippen LogP contribution in [-0.4, -0.2) is 23.0 Å². The van der Waals surface area contributed by atoms with E-state index < -0.39 is 5.97 Å². The fourth-order valence-electron chi connectivity index (χ4n) is 2.54. The molecule has 0 bridgehead atoms. The van der Waals surface area contributed by atoms with Crippen LogP contribution in [0.25, 0.3) is 0 Å². The van der Waals surface area contributed by atoms with Gasteiger partial charge in [0, 0.05) is 24.5 Å². The van der Waals surface area contributed by atoms with E-state index in [1.54, 1.807) is 18.2 Å². The summed E-state index contributed by atoms with van der Waals surface area (Å²) < 4.78 is 0. The summed E-state index contributed by atoms with van der Waals surface area (Å²) in [4.78, 5) is 13.2. The van der Waals surface area contributed by atoms with Gasteiger partial charge in [0.15, 0.2) is 0 Å². The van der Waals surface area contributed by atoms with E-state index >= 15 is 0 Å². The zero-order valence-corrected chi connectivity index (χ0v) is 11.3. The topological polar surface area (TPSA) is 52.6 Å². The number of carboxylic acids is 1. The molecule has 0 saturated heterocycles. The molecule has 0 aromatic heterocycles. The lowest BCUT2D eigenvalue weighted by atomic mass is 10.1. The van der Waals surface area contributed by atoms with Gasteiger partial charge in [-0.05, 0) is 48.5 Å². The largest absolute Gasteiger partial charge is 0.478 e. The average molecular weight is 268 g/mol. The maximum atomic E-state index is 11.0. The fourth-order valence-corrected chi connectivity index (χ4v) is 2.54. The first-order chi connectivity index (χ1) is 9.61. The lowest BCUT2D eigenvalue weighted by molar-refractivity contribution is 0.0697. The van der Waals surface area contributed by atoms with E-state index in [2.05, 4.69) is 29.4 Å². The van der Waals surface area contributed by atoms with Crippen LogP contribution in [-0.2, 0) is 13.1 Å². The third-order valence-electron chi connectivity index (χ3n) is 3.48. The zero-order valence-electron chi connectivity index (χ0n) is 11.3. The van der Waals surface area contributed by atoms with Gasteiger partial charge in [-0.1, -0.05) is 12.1 Å². The highest BCUT2D eigenvalue weighted by molar-refractivity contribution is 5.89. The van der Waals surface area contributed by atoms with E-state index in [1.807, 2.05) is 12.1 Å². The quantitative estimate of drug-likeness (QED) is 0.898. The maximum Gasteiger partial charge on any atom is 0.335 e. The standard InChI is InChI=1S/C16H16N2O2/c1-18-9-12-5-6-15(8-13(12)10-18)17-14-4-2-3-11(7-14)16(19)20/h2-8,17H,9-10H2,1H3,(H,19,20). The van der Waals surface area contributed by atoms with Crippen molar-refractivity contribution in [2.45, 2.75) is 13.1 Å². The van der Waals surface area contributed by atoms with Crippen LogP contribution in [0.3, 0.4) is 0 Å². The molecule has 0 amide bonds. The Balaban J connectivity index is 1.83. The Kier molecular flexibility index (Phi) is 3.16. The maximum absolute atomic E-state index is 11.0. The van der Waals surface area contributed by atoms with Gasteiger partial charge in [0.2, 0.25) is 0 Å². The fraction of sp³-hybridized carbons (Fsp3) is 0.188. The minimum atomic E-state index is -0.913. The number of hydrogen-bond donors (Lipinski definition) is 2. The van der Waals surface area contributed by atoms with Gasteiger partial charge in [0.05, 0.1) is 5.56 Å². The second-order valence-corrected chi connectivity index (χ2v) is 5.17. The molecular weight excluding hydrogens is 252 g/mol. The lowest BCUT2D eigenvalue weighted by Crippen LogP contribution is -2.07. The van der Waals surface area contributed by atoms with Gasteiger partial charge in [-0.25, -0.2) is 4.79 Å². The number of benzene rings is 2. The van der Waals surface area contributed by atoms with Gasteiger partial charge >= 0.3 is 5.97 Å². The van der Waals surface area contributed by atoms with Crippen LogP contribution in [0.4, 0.5) is 11.4 Å². The van der Waals surface area contributed by atoms with Gasteiger partial charge in [-0.2, -0.15) is 0 Å². The molecular formula is C16H16N2O2. The number of aromatic carboxylic acids is 1. The zero-order chi connectivity index (χ0) is 14.1. The highest BCUT2D eigenvalue weighted by Crippen LogP contribution is 2.26. The van der Waals surface area contributed by atoms with Gasteiger partial charge in [-0.15, -0.1) is 0 Å². The number of nitrogens with zero attached hydrogens (tertiary/aromatic N) is 1. The molecule has 0 fully saturated rings. The van der Waals surface area contributed by atoms with Crippen LogP contribution in [0.2, 0.25) is 0 Å². The van der Waals surface area contributed by atoms with E-state index in [9.17, 15) is 4.79 Å². The molecule has 0 saturated carbocycles. The second kappa shape index (κ2) is 4.98. The molecule has 4 nitrogen and oxygen atoms in total. The first kappa shape index (κ1) is 12.7. The van der Waals surface area contributed by atoms with Crippen molar-refractivity contribution in [2.75, 3.05) is 12.4 Å². The monoisotopic (exact) mass is 268 g/mol. The molecule has 3 rings (SSSR count). The summed E-state index contributed by atoms with van der Waals surface area (Å²) in [6, 6.07) is 13.1. The molecule has 1 aliphatic rings. The van der Waals surface area contributed by atoms with Crippen LogP contribution in [0.15, 0.2) is 42.5 Å². The molecule has 0 atom stereocenters. The molecule has 1 heterocycles. The molecule has 4 heteroatoms. The molecule has 0 radical (unpaired) electrons. The molecule has 2 N–H and O–H groups in total. The molecule has 1 aliphatic heterocycles. The number of hydrogen-bond acceptors (Lipinski definition) is 3. The van der Waals surface area contributed by atoms with Crippen LogP contribution < -0.4 is 5.32 Å². The summed E-state index contributed by atoms with van der Waals surface area (Å²) in [5.41, 5.74) is 4.75. The molecule has 0 aliphatic carbocycles. The molecule has 0 unspecified atom stereocenters. The Hall–Kier alpha value is -2.33. The Morgan fingerprint density at radius 1 is 1.10 bits per heavy atom. The molecule has 20 heavy (non-hydrogen) atoms. The predicted molar refractivity (Wildman–Crippen MR) is 78.3 cm³/mol. The third-order valence-corrected chi connectivity index (χ3v) is 3.48. The predicted octanol–water partition coefficient (Wildman–Crippen LogP) is 3.07. The number of fused-ring (bicyclic) bond motifs is 1. The van der Waals surface area contributed by atoms with Crippen molar-refractivity contribution in [3.63, 3.8) is 0 Å². The van der Waals surface area contributed by atoms with E-state index in [0.29, 0.717) is 0 Å². The highest BCUT2D eigenvalue weighted by Gasteiger charge is 2.15. The van der Waals surface area contributed by atoms with Crippen molar-refractivity contribution in [1.29, 1.82) is 0 Å². The SMILES string of the molecule is CN1Cc2ccc(Nc3cccc(C(=O)O)c3)cc2C1. The summed E-state index contributed by atoms with van der Waals surface area (Å²) in [5, 5.41) is 12.3. The first-order valence-electron chi connectivity index (χ1n) is 6.52. The number of anilines is 2. The number of carbonyl (C=O) groups is 1. The normalized spacial score (nSPS) is 14.1. The van der Waals surface area contributed by atoms with Crippen LogP contribution in [0.5, 0.6) is 0 Å². The Bertz CT molecular complexity index is 667. The molecule has 102 valence electrons. The van der Waals surface area contributed by atoms with Gasteiger partial charge in [0.25, 0.3) is 0 Å². The summed E-state index contributed by atoms with van der Waals surface area (Å²) in [5.74, 6) is -0.913. The van der Waals surface area contributed by atoms with Crippen molar-refractivity contribution >= 4 is 17.3 Å². The summed E-state index contributed by atoms with van der Waals surface area (Å²) in [6.07, 6.45) is 0. The average Bonchev–Trinajstić information content (AvgIpc) is 2.78. The van der Waals surface area contributed by atoms with E-state index in [0.717, 1.165) is 24.5 Å². The number of nitrogens with one attached hydrogen (secondary N) is 1. The highest BCUT2D eigenvalue weighted by atomic mass is 16.4. The molecule has 2 aromatic rings. The Labute approximate surface area is 117 Å². The van der Waals surface area contributed by atoms with Gasteiger partial charge < -0.3 is 10.4 Å². The van der Waals surface area contributed by atoms with Crippen molar-refractivity contribution in [2.24, 2.45) is 0 Å². The van der Waals surface area contributed by atoms with Crippen molar-refractivity contribution in [1.82, 2.24) is 4.90 Å². The summed E-state index contributed by atoms with van der Waals surface area (Å²) in [7, 11) is 2.10. The lowest BCUT2D eigenvalue weighted by Gasteiger charge is -2.09. The van der Waals surface area contributed by atoms with Crippen molar-refractivity contribution < 1.29 is 9.90 Å². The Morgan fingerprint density at radius 3 is 2.65 bits per heavy atom. The van der Waals surface area contributed by atoms with Crippen LogP contribution in [0, 0.1) is 0 Å². The van der Waals surface area contributed by atoms with E-state index in [1.165, 1.54) is 11.1 Å². The minimum absolute atomic E-state index is 0.288. The smallest absolute Gasteiger partial charge is 0.335 e. The van der Waals surface area contributed by atoms with Gasteiger partial charge in [0.1, 0.15) is 0 Å². The van der Waals surface area contributed by atoms with E-state index in [-0.39, 0.29) is 5.56 Å². The second-order valence-electron chi connectivity index (χ2n) is 5.17. The molecule has 2 aromatic carbocycles. The van der Waals surface area contributed by atoms with Crippen LogP contribution >= 0.6 is 0 Å². The summed E-state index contributed by atoms with van der Waals surface area (Å²) >= 11 is 0.